The van der Waals surface area contributed by atoms with E-state index < -0.39 is 34.9 Å². The largest absolute Gasteiger partial charge is 0.487 e. The lowest BCUT2D eigenvalue weighted by Crippen LogP contribution is -2.50. The Hall–Kier alpha value is -3.93. The lowest BCUT2D eigenvalue weighted by atomic mass is 9.91. The molecule has 6 aromatic rings. The molecule has 1 aliphatic heterocycles. The van der Waals surface area contributed by atoms with Crippen LogP contribution in [0.3, 0.4) is 0 Å². The molecule has 0 aliphatic carbocycles. The van der Waals surface area contributed by atoms with Crippen molar-refractivity contribution in [3.8, 4) is 28.7 Å². The summed E-state index contributed by atoms with van der Waals surface area (Å²) in [6.07, 6.45) is -2.16. The number of benzene rings is 6. The second kappa shape index (κ2) is 23.3. The molecule has 0 fully saturated rings. The fourth-order valence-corrected chi connectivity index (χ4v) is 11.9. The van der Waals surface area contributed by atoms with Gasteiger partial charge in [-0.05, 0) is 103 Å². The van der Waals surface area contributed by atoms with Crippen molar-refractivity contribution >= 4 is 64.4 Å². The predicted octanol–water partition coefficient (Wildman–Crippen LogP) is 16.9. The van der Waals surface area contributed by atoms with Crippen LogP contribution in [0.2, 0.25) is 36.3 Å². The van der Waals surface area contributed by atoms with Crippen LogP contribution >= 0.6 is 47.8 Å². The maximum Gasteiger partial charge on any atom is 0.192 e. The summed E-state index contributed by atoms with van der Waals surface area (Å²) in [7, 11) is -4.74. The zero-order valence-corrected chi connectivity index (χ0v) is 48.8. The van der Waals surface area contributed by atoms with Crippen LogP contribution in [0, 0.1) is 0 Å². The van der Waals surface area contributed by atoms with E-state index in [1.807, 2.05) is 109 Å². The van der Waals surface area contributed by atoms with Crippen LogP contribution in [-0.2, 0) is 40.0 Å². The number of ether oxygens (including phenoxy) is 6. The maximum atomic E-state index is 7.67. The Morgan fingerprint density at radius 3 is 1.40 bits per heavy atom. The van der Waals surface area contributed by atoms with E-state index in [9.17, 15) is 0 Å². The van der Waals surface area contributed by atoms with Gasteiger partial charge in [-0.15, -0.1) is 0 Å². The number of hydrogen-bond acceptors (Lipinski definition) is 8. The highest BCUT2D eigenvalue weighted by Crippen LogP contribution is 2.59. The Morgan fingerprint density at radius 2 is 0.943 bits per heavy atom. The number of hydrogen-bond donors (Lipinski definition) is 0. The molecule has 13 heteroatoms. The molecular formula is C57H67Br3O8Si2. The van der Waals surface area contributed by atoms with Gasteiger partial charge < -0.3 is 37.3 Å². The van der Waals surface area contributed by atoms with Crippen LogP contribution in [0.25, 0.3) is 0 Å². The van der Waals surface area contributed by atoms with Crippen molar-refractivity contribution in [1.82, 2.24) is 0 Å². The molecule has 0 spiro atoms. The first-order valence-electron chi connectivity index (χ1n) is 23.9. The monoisotopic (exact) mass is 1170 g/mol. The lowest BCUT2D eigenvalue weighted by molar-refractivity contribution is -0.101. The fraction of sp³-hybridized carbons (Fsp3) is 0.368. The second-order valence-corrected chi connectivity index (χ2v) is 32.7. The van der Waals surface area contributed by atoms with Gasteiger partial charge in [-0.2, -0.15) is 0 Å². The van der Waals surface area contributed by atoms with E-state index in [0.29, 0.717) is 76.3 Å². The molecule has 0 aromatic heterocycles. The molecule has 6 aromatic carbocycles. The molecule has 3 atom stereocenters. The smallest absolute Gasteiger partial charge is 0.192 e. The SMILES string of the molecule is CC(C)(C)[Si](C)(C)OCCO[C@H]1c2c(OCc3ccccc3)c(Br)c(OCc3ccccc3)c(Br)c2O[C@H](c2cc(OCc3ccccc3)c(OCc3ccccc3)cc2Br)[C@H]1O[Si](C)(C)C(C)(C)C. The third-order valence-electron chi connectivity index (χ3n) is 13.6. The van der Waals surface area contributed by atoms with Gasteiger partial charge in [-0.3, -0.25) is 0 Å². The van der Waals surface area contributed by atoms with Gasteiger partial charge in [0.2, 0.25) is 0 Å². The van der Waals surface area contributed by atoms with Crippen molar-refractivity contribution < 1.29 is 37.3 Å². The number of halogens is 3. The summed E-state index contributed by atoms with van der Waals surface area (Å²) in [5.41, 5.74) is 5.57. The Kier molecular flexibility index (Phi) is 17.9. The molecule has 7 rings (SSSR count). The molecule has 8 nitrogen and oxygen atoms in total. The summed E-state index contributed by atoms with van der Waals surface area (Å²) >= 11 is 12.1. The number of rotatable bonds is 20. The summed E-state index contributed by atoms with van der Waals surface area (Å²) in [6, 6.07) is 44.5. The lowest BCUT2D eigenvalue weighted by Gasteiger charge is -2.47. The van der Waals surface area contributed by atoms with Crippen molar-refractivity contribution in [3.05, 3.63) is 180 Å². The molecule has 0 radical (unpaired) electrons. The van der Waals surface area contributed by atoms with E-state index in [4.69, 9.17) is 37.3 Å². The molecule has 0 amide bonds. The zero-order valence-electron chi connectivity index (χ0n) is 42.1. The van der Waals surface area contributed by atoms with E-state index in [-0.39, 0.29) is 16.7 Å². The van der Waals surface area contributed by atoms with Crippen molar-refractivity contribution in [2.24, 2.45) is 0 Å². The third kappa shape index (κ3) is 13.2. The van der Waals surface area contributed by atoms with Gasteiger partial charge in [0, 0.05) is 10.0 Å². The van der Waals surface area contributed by atoms with Crippen molar-refractivity contribution in [2.75, 3.05) is 13.2 Å². The highest BCUT2D eigenvalue weighted by molar-refractivity contribution is 9.11. The quantitative estimate of drug-likeness (QED) is 0.0553. The van der Waals surface area contributed by atoms with Gasteiger partial charge in [0.05, 0.1) is 18.8 Å². The zero-order chi connectivity index (χ0) is 50.3. The molecule has 70 heavy (non-hydrogen) atoms. The normalized spacial score (nSPS) is 16.3. The first-order chi connectivity index (χ1) is 33.2. The summed E-state index contributed by atoms with van der Waals surface area (Å²) in [5.74, 6) is 2.74. The van der Waals surface area contributed by atoms with E-state index in [1.54, 1.807) is 0 Å². The van der Waals surface area contributed by atoms with Gasteiger partial charge in [0.1, 0.15) is 59.1 Å². The molecule has 0 unspecified atom stereocenters. The van der Waals surface area contributed by atoms with Gasteiger partial charge in [-0.1, -0.05) is 179 Å². The molecule has 1 aliphatic rings. The summed E-state index contributed by atoms with van der Waals surface area (Å²) in [6.45, 7) is 24.5. The average molecular weight is 1180 g/mol. The molecule has 372 valence electrons. The van der Waals surface area contributed by atoms with E-state index in [0.717, 1.165) is 32.3 Å². The maximum absolute atomic E-state index is 7.67. The minimum absolute atomic E-state index is 0.0191. The fourth-order valence-electron chi connectivity index (χ4n) is 7.47. The van der Waals surface area contributed by atoms with Crippen LogP contribution in [-0.4, -0.2) is 36.0 Å². The van der Waals surface area contributed by atoms with Crippen molar-refractivity contribution in [2.45, 2.75) is 123 Å². The third-order valence-corrected chi connectivity index (χ3v) is 24.7. The van der Waals surface area contributed by atoms with Crippen molar-refractivity contribution in [3.63, 3.8) is 0 Å². The molecule has 1 heterocycles. The minimum Gasteiger partial charge on any atom is -0.487 e. The highest BCUT2D eigenvalue weighted by Gasteiger charge is 2.51. The predicted molar refractivity (Wildman–Crippen MR) is 296 cm³/mol. The van der Waals surface area contributed by atoms with Gasteiger partial charge in [-0.25, -0.2) is 0 Å². The van der Waals surface area contributed by atoms with Crippen molar-refractivity contribution in [1.29, 1.82) is 0 Å². The average Bonchev–Trinajstić information content (AvgIpc) is 3.32. The Morgan fingerprint density at radius 1 is 0.514 bits per heavy atom. The topological polar surface area (TPSA) is 73.8 Å². The molecular weight excluding hydrogens is 1110 g/mol. The summed E-state index contributed by atoms with van der Waals surface area (Å²) < 4.78 is 58.2. The highest BCUT2D eigenvalue weighted by atomic mass is 79.9. The van der Waals surface area contributed by atoms with Crippen LogP contribution in [0.4, 0.5) is 0 Å². The van der Waals surface area contributed by atoms with Crippen LogP contribution < -0.4 is 23.7 Å². The first kappa shape index (κ1) is 53.9. The van der Waals surface area contributed by atoms with Gasteiger partial charge >= 0.3 is 0 Å². The molecule has 0 bridgehead atoms. The van der Waals surface area contributed by atoms with Crippen LogP contribution in [0.15, 0.2) is 147 Å². The summed E-state index contributed by atoms with van der Waals surface area (Å²) in [5, 5.41) is -0.154. The van der Waals surface area contributed by atoms with E-state index in [1.165, 1.54) is 0 Å². The standard InChI is InChI=1S/C57H67Br3O8Si2/c1-56(2,3)69(7,8)66-32-31-61-53-47-51(64-37-41-27-19-13-20-28-41)48(59)54(65-38-42-29-21-14-22-30-42)49(60)52(47)67-50(55(53)68-70(9,10)57(4,5)6)43-33-45(62-35-39-23-15-11-16-24-39)46(34-44(43)58)63-36-40-25-17-12-18-26-40/h11-30,33-34,50,53,55H,31-32,35-38H2,1-10H3/t50-,53+,55-/m1/s1. The second-order valence-electron chi connectivity index (χ2n) is 20.7. The molecule has 0 N–H and O–H groups in total. The molecule has 0 saturated heterocycles. The minimum atomic E-state index is -2.61. The summed E-state index contributed by atoms with van der Waals surface area (Å²) in [4.78, 5) is 0. The van der Waals surface area contributed by atoms with Gasteiger partial charge in [0.25, 0.3) is 0 Å². The van der Waals surface area contributed by atoms with Gasteiger partial charge in [0.15, 0.2) is 40.0 Å². The van der Waals surface area contributed by atoms with Crippen LogP contribution in [0.1, 0.15) is 87.1 Å². The van der Waals surface area contributed by atoms with E-state index >= 15 is 0 Å². The Bertz CT molecular complexity index is 2640. The van der Waals surface area contributed by atoms with Crippen LogP contribution in [0.5, 0.6) is 28.7 Å². The van der Waals surface area contributed by atoms with E-state index in [2.05, 4.69) is 140 Å². The Balaban J connectivity index is 1.42. The first-order valence-corrected chi connectivity index (χ1v) is 32.1. The number of fused-ring (bicyclic) bond motifs is 1. The Labute approximate surface area is 443 Å². The molecule has 0 saturated carbocycles.